The Hall–Kier alpha value is -2.22. The van der Waals surface area contributed by atoms with Crippen LogP contribution in [0.4, 0.5) is 0 Å². The van der Waals surface area contributed by atoms with Gasteiger partial charge in [-0.05, 0) is 74.3 Å². The molecular weight excluding hydrogens is 863 g/mol. The maximum atomic E-state index is 4.93. The summed E-state index contributed by atoms with van der Waals surface area (Å²) in [6, 6.07) is 41.3. The number of hydrogen-bond donors (Lipinski definition) is 0. The molecule has 2 fully saturated rings. The summed E-state index contributed by atoms with van der Waals surface area (Å²) in [6.07, 6.45) is 25.1. The van der Waals surface area contributed by atoms with Gasteiger partial charge in [0.05, 0.1) is 0 Å². The Morgan fingerprint density at radius 3 is 1.12 bits per heavy atom. The molecule has 8 rings (SSSR count). The van der Waals surface area contributed by atoms with Crippen molar-refractivity contribution in [2.75, 3.05) is 0 Å². The molecule has 0 bridgehead atoms. The van der Waals surface area contributed by atoms with Gasteiger partial charge < -0.3 is 0 Å². The second-order valence-corrected chi connectivity index (χ2v) is 23.6. The van der Waals surface area contributed by atoms with E-state index in [1.807, 2.05) is 0 Å². The molecule has 2 aliphatic rings. The SMILES string of the molecule is C[Si]C.Cc1ccc(-c2cccc3[cH-]c(CC4(C)CCCCCCCC4)cc23)cc1.Cc1ccc(-c2cccc3[cH-]c(CC4(C)CCCCCCCC4)cc23)cc1.[Cl][Zr+2][Cl]. The summed E-state index contributed by atoms with van der Waals surface area (Å²) in [5.74, 6) is 0. The predicted octanol–water partition coefficient (Wildman–Crippen LogP) is 18.6. The van der Waals surface area contributed by atoms with Gasteiger partial charge in [0.2, 0.25) is 0 Å². The fraction of sp³-hybridized carbons (Fsp3) is 0.464. The van der Waals surface area contributed by atoms with Crippen molar-refractivity contribution >= 4 is 48.1 Å². The molecule has 0 nitrogen and oxygen atoms in total. The monoisotopic (exact) mass is 932 g/mol. The average Bonchev–Trinajstić information content (AvgIpc) is 3.88. The van der Waals surface area contributed by atoms with Crippen LogP contribution in [0.25, 0.3) is 43.8 Å². The van der Waals surface area contributed by atoms with Crippen molar-refractivity contribution in [1.82, 2.24) is 0 Å². The third-order valence-electron chi connectivity index (χ3n) is 13.2. The first kappa shape index (κ1) is 48.8. The van der Waals surface area contributed by atoms with Gasteiger partial charge in [-0.25, -0.2) is 0 Å². The van der Waals surface area contributed by atoms with Crippen molar-refractivity contribution < 1.29 is 20.8 Å². The van der Waals surface area contributed by atoms with Gasteiger partial charge in [-0.3, -0.25) is 0 Å². The first-order valence-corrected chi connectivity index (χ1v) is 31.5. The summed E-state index contributed by atoms with van der Waals surface area (Å²) in [6.45, 7) is 13.7. The molecule has 4 heteroatoms. The standard InChI is InChI=1S/2C27H33.C2H6Si.2ClH.Zr/c2*1-21-12-14-23(15-13-21)25-11-9-10-24-18-22(19-26(24)25)20-27(2)16-7-5-3-4-6-8-17-27;1-3-2;;;/h2*9-15,18-19H,3-8,16-17,20H2,1-2H3;1-2H3;2*1H;/q2*-1;;;;+4/p-2. The van der Waals surface area contributed by atoms with E-state index in [1.165, 1.54) is 182 Å². The van der Waals surface area contributed by atoms with Crippen molar-refractivity contribution in [2.45, 2.75) is 156 Å². The fourth-order valence-electron chi connectivity index (χ4n) is 9.98. The second-order valence-electron chi connectivity index (χ2n) is 18.9. The van der Waals surface area contributed by atoms with Gasteiger partial charge >= 0.3 is 37.9 Å². The number of halogens is 2. The molecular formula is C56H72Cl2SiZr. The third-order valence-corrected chi connectivity index (χ3v) is 13.2. The zero-order chi connectivity index (χ0) is 42.8. The molecule has 6 aromatic carbocycles. The Morgan fingerprint density at radius 2 is 0.800 bits per heavy atom. The molecule has 0 N–H and O–H groups in total. The number of aryl methyl sites for hydroxylation is 2. The molecule has 0 amide bonds. The van der Waals surface area contributed by atoms with Crippen molar-refractivity contribution in [1.29, 1.82) is 0 Å². The van der Waals surface area contributed by atoms with E-state index in [1.54, 1.807) is 0 Å². The van der Waals surface area contributed by atoms with Crippen LogP contribution >= 0.6 is 17.0 Å². The molecule has 0 aromatic heterocycles. The first-order valence-electron chi connectivity index (χ1n) is 23.1. The van der Waals surface area contributed by atoms with Gasteiger partial charge in [-0.1, -0.05) is 187 Å². The number of benzene rings is 4. The van der Waals surface area contributed by atoms with Crippen LogP contribution in [0.3, 0.4) is 0 Å². The Balaban J connectivity index is 0.000000201. The van der Waals surface area contributed by atoms with Crippen molar-refractivity contribution in [3.05, 3.63) is 131 Å². The van der Waals surface area contributed by atoms with Crippen LogP contribution < -0.4 is 0 Å². The minimum absolute atomic E-state index is 0.471. The van der Waals surface area contributed by atoms with Gasteiger partial charge in [0.1, 0.15) is 0 Å². The normalized spacial score (nSPS) is 16.7. The van der Waals surface area contributed by atoms with Crippen LogP contribution in [0.1, 0.15) is 139 Å². The first-order chi connectivity index (χ1) is 29.1. The summed E-state index contributed by atoms with van der Waals surface area (Å²) < 4.78 is 0. The summed E-state index contributed by atoms with van der Waals surface area (Å²) in [7, 11) is 11.0. The average molecular weight is 935 g/mol. The summed E-state index contributed by atoms with van der Waals surface area (Å²) in [4.78, 5) is 0. The van der Waals surface area contributed by atoms with Crippen molar-refractivity contribution in [3.8, 4) is 22.3 Å². The topological polar surface area (TPSA) is 0 Å². The van der Waals surface area contributed by atoms with E-state index in [4.69, 9.17) is 17.0 Å². The van der Waals surface area contributed by atoms with Gasteiger partial charge in [0.25, 0.3) is 0 Å². The quantitative estimate of drug-likeness (QED) is 0.115. The van der Waals surface area contributed by atoms with Crippen LogP contribution in [0, 0.1) is 24.7 Å². The number of hydrogen-bond acceptors (Lipinski definition) is 0. The molecule has 0 atom stereocenters. The van der Waals surface area contributed by atoms with Crippen LogP contribution in [0.15, 0.2) is 109 Å². The van der Waals surface area contributed by atoms with E-state index in [0.29, 0.717) is 10.8 Å². The minimum atomic E-state index is -0.826. The number of rotatable bonds is 6. The van der Waals surface area contributed by atoms with Crippen molar-refractivity contribution in [3.63, 3.8) is 0 Å². The zero-order valence-electron chi connectivity index (χ0n) is 37.9. The Bertz CT molecular complexity index is 1950. The van der Waals surface area contributed by atoms with E-state index in [0.717, 1.165) is 9.52 Å². The van der Waals surface area contributed by atoms with Gasteiger partial charge in [0, 0.05) is 9.52 Å². The summed E-state index contributed by atoms with van der Waals surface area (Å²) >= 11 is -0.826. The zero-order valence-corrected chi connectivity index (χ0v) is 42.8. The molecule has 2 radical (unpaired) electrons. The Kier molecular flexibility index (Phi) is 20.5. The van der Waals surface area contributed by atoms with E-state index in [9.17, 15) is 0 Å². The molecule has 0 aliphatic heterocycles. The second kappa shape index (κ2) is 25.2. The third kappa shape index (κ3) is 15.0. The molecule has 6 aromatic rings. The number of fused-ring (bicyclic) bond motifs is 2. The van der Waals surface area contributed by atoms with Gasteiger partial charge in [-0.15, -0.1) is 69.1 Å². The fourth-order valence-corrected chi connectivity index (χ4v) is 9.98. The van der Waals surface area contributed by atoms with Crippen LogP contribution in [-0.2, 0) is 33.7 Å². The van der Waals surface area contributed by atoms with E-state index in [-0.39, 0.29) is 0 Å². The van der Waals surface area contributed by atoms with Gasteiger partial charge in [-0.2, -0.15) is 12.1 Å². The maximum absolute atomic E-state index is 4.93. The summed E-state index contributed by atoms with van der Waals surface area (Å²) in [5, 5.41) is 5.63. The van der Waals surface area contributed by atoms with Crippen LogP contribution in [-0.4, -0.2) is 9.52 Å². The van der Waals surface area contributed by atoms with Gasteiger partial charge in [0.15, 0.2) is 0 Å². The molecule has 2 saturated carbocycles. The summed E-state index contributed by atoms with van der Waals surface area (Å²) in [5.41, 5.74) is 12.1. The molecule has 318 valence electrons. The Morgan fingerprint density at radius 1 is 0.500 bits per heavy atom. The molecule has 0 spiro atoms. The molecule has 2 aliphatic carbocycles. The van der Waals surface area contributed by atoms with E-state index < -0.39 is 20.8 Å². The molecule has 0 heterocycles. The van der Waals surface area contributed by atoms with E-state index in [2.05, 4.69) is 150 Å². The molecule has 60 heavy (non-hydrogen) atoms. The van der Waals surface area contributed by atoms with Crippen molar-refractivity contribution in [2.24, 2.45) is 10.8 Å². The molecule has 0 unspecified atom stereocenters. The van der Waals surface area contributed by atoms with E-state index >= 15 is 0 Å². The van der Waals surface area contributed by atoms with Crippen LogP contribution in [0.2, 0.25) is 13.1 Å². The Labute approximate surface area is 386 Å². The molecule has 0 saturated heterocycles. The van der Waals surface area contributed by atoms with Crippen LogP contribution in [0.5, 0.6) is 0 Å². The predicted molar refractivity (Wildman–Crippen MR) is 266 cm³/mol.